The number of anilines is 1. The molecule has 1 N–H and O–H groups in total. The second-order valence-electron chi connectivity index (χ2n) is 3.24. The molecule has 5 heteroatoms. The average Bonchev–Trinajstić information content (AvgIpc) is 2.40. The van der Waals surface area contributed by atoms with Gasteiger partial charge in [0, 0.05) is 12.4 Å². The maximum atomic E-state index is 11.8. The van der Waals surface area contributed by atoms with Gasteiger partial charge in [-0.3, -0.25) is 4.79 Å². The van der Waals surface area contributed by atoms with E-state index in [4.69, 9.17) is 5.26 Å². The molecule has 17 heavy (non-hydrogen) atoms. The van der Waals surface area contributed by atoms with Gasteiger partial charge in [0.2, 0.25) is 0 Å². The lowest BCUT2D eigenvalue weighted by molar-refractivity contribution is 0.102. The van der Waals surface area contributed by atoms with Crippen molar-refractivity contribution >= 4 is 11.6 Å². The first-order chi connectivity index (χ1) is 8.31. The van der Waals surface area contributed by atoms with Gasteiger partial charge >= 0.3 is 0 Å². The normalized spacial score (nSPS) is 9.35. The number of para-hydroxylation sites is 1. The summed E-state index contributed by atoms with van der Waals surface area (Å²) in [5, 5.41) is 11.5. The highest BCUT2D eigenvalue weighted by atomic mass is 16.1. The lowest BCUT2D eigenvalue weighted by Crippen LogP contribution is -2.13. The minimum Gasteiger partial charge on any atom is -0.321 e. The number of amides is 1. The van der Waals surface area contributed by atoms with E-state index in [2.05, 4.69) is 15.3 Å². The maximum Gasteiger partial charge on any atom is 0.258 e. The van der Waals surface area contributed by atoms with Gasteiger partial charge < -0.3 is 5.32 Å². The summed E-state index contributed by atoms with van der Waals surface area (Å²) in [6.45, 7) is 0. The molecule has 0 aliphatic heterocycles. The van der Waals surface area contributed by atoms with Gasteiger partial charge in [-0.2, -0.15) is 5.26 Å². The van der Waals surface area contributed by atoms with Crippen molar-refractivity contribution in [1.29, 1.82) is 5.26 Å². The minimum absolute atomic E-state index is 0.340. The van der Waals surface area contributed by atoms with Crippen molar-refractivity contribution in [3.63, 3.8) is 0 Å². The molecule has 1 aromatic heterocycles. The van der Waals surface area contributed by atoms with E-state index in [0.29, 0.717) is 16.8 Å². The molecule has 0 aliphatic rings. The number of nitriles is 1. The second-order valence-corrected chi connectivity index (χ2v) is 3.24. The lowest BCUT2D eigenvalue weighted by atomic mass is 10.2. The summed E-state index contributed by atoms with van der Waals surface area (Å²) in [6, 6.07) is 8.79. The smallest absolute Gasteiger partial charge is 0.258 e. The zero-order chi connectivity index (χ0) is 12.1. The Morgan fingerprint density at radius 2 is 1.94 bits per heavy atom. The third kappa shape index (κ3) is 2.44. The molecule has 0 unspecified atom stereocenters. The van der Waals surface area contributed by atoms with Crippen LogP contribution in [0.25, 0.3) is 0 Å². The molecule has 1 amide bonds. The largest absolute Gasteiger partial charge is 0.321 e. The minimum atomic E-state index is -0.340. The monoisotopic (exact) mass is 224 g/mol. The van der Waals surface area contributed by atoms with Crippen LogP contribution in [-0.2, 0) is 0 Å². The molecule has 0 spiro atoms. The topological polar surface area (TPSA) is 78.7 Å². The number of carbonyl (C=O) groups is 1. The van der Waals surface area contributed by atoms with Gasteiger partial charge in [0.25, 0.3) is 5.91 Å². The number of aromatic nitrogens is 2. The number of rotatable bonds is 2. The Bertz CT molecular complexity index is 575. The number of hydrogen-bond donors (Lipinski definition) is 1. The molecule has 0 aliphatic carbocycles. The van der Waals surface area contributed by atoms with Crippen molar-refractivity contribution in [3.05, 3.63) is 54.1 Å². The van der Waals surface area contributed by atoms with Gasteiger partial charge in [-0.05, 0) is 12.1 Å². The Labute approximate surface area is 97.8 Å². The first kappa shape index (κ1) is 10.8. The highest BCUT2D eigenvalue weighted by Gasteiger charge is 2.08. The quantitative estimate of drug-likeness (QED) is 0.840. The van der Waals surface area contributed by atoms with Crippen molar-refractivity contribution in [2.24, 2.45) is 0 Å². The molecule has 0 fully saturated rings. The fraction of sp³-hybridized carbons (Fsp3) is 0. The van der Waals surface area contributed by atoms with E-state index in [1.54, 1.807) is 24.3 Å². The molecule has 0 atom stereocenters. The highest BCUT2D eigenvalue weighted by molar-refractivity contribution is 6.04. The van der Waals surface area contributed by atoms with Crippen LogP contribution < -0.4 is 5.32 Å². The zero-order valence-corrected chi connectivity index (χ0v) is 8.79. The van der Waals surface area contributed by atoms with Gasteiger partial charge in [0.05, 0.1) is 16.8 Å². The van der Waals surface area contributed by atoms with E-state index < -0.39 is 0 Å². The Balaban J connectivity index is 2.23. The summed E-state index contributed by atoms with van der Waals surface area (Å²) >= 11 is 0. The van der Waals surface area contributed by atoms with Crippen LogP contribution in [0.5, 0.6) is 0 Å². The summed E-state index contributed by atoms with van der Waals surface area (Å²) in [7, 11) is 0. The van der Waals surface area contributed by atoms with E-state index in [-0.39, 0.29) is 5.91 Å². The van der Waals surface area contributed by atoms with Crippen molar-refractivity contribution in [1.82, 2.24) is 9.97 Å². The first-order valence-electron chi connectivity index (χ1n) is 4.87. The van der Waals surface area contributed by atoms with Crippen LogP contribution in [0.3, 0.4) is 0 Å². The van der Waals surface area contributed by atoms with Crippen molar-refractivity contribution < 1.29 is 4.79 Å². The molecule has 82 valence electrons. The number of nitrogens with one attached hydrogen (secondary N) is 1. The molecule has 0 bridgehead atoms. The molecule has 2 rings (SSSR count). The van der Waals surface area contributed by atoms with Gasteiger partial charge in [-0.1, -0.05) is 12.1 Å². The van der Waals surface area contributed by atoms with Crippen LogP contribution >= 0.6 is 0 Å². The number of carbonyl (C=O) groups excluding carboxylic acids is 1. The van der Waals surface area contributed by atoms with Gasteiger partial charge in [-0.25, -0.2) is 9.97 Å². The Hall–Kier alpha value is -2.74. The third-order valence-corrected chi connectivity index (χ3v) is 2.12. The van der Waals surface area contributed by atoms with Crippen LogP contribution in [0, 0.1) is 11.3 Å². The third-order valence-electron chi connectivity index (χ3n) is 2.12. The molecule has 0 saturated heterocycles. The van der Waals surface area contributed by atoms with E-state index >= 15 is 0 Å². The van der Waals surface area contributed by atoms with Crippen molar-refractivity contribution in [2.45, 2.75) is 0 Å². The standard InChI is InChI=1S/C12H8N4O/c13-5-9-3-1-2-4-11(9)16-12(17)10-6-14-8-15-7-10/h1-4,6-8H,(H,16,17). The summed E-state index contributed by atoms with van der Waals surface area (Å²) < 4.78 is 0. The Morgan fingerprint density at radius 3 is 2.65 bits per heavy atom. The summed E-state index contributed by atoms with van der Waals surface area (Å²) in [4.78, 5) is 19.3. The summed E-state index contributed by atoms with van der Waals surface area (Å²) in [5.74, 6) is -0.340. The lowest BCUT2D eigenvalue weighted by Gasteiger charge is -2.05. The fourth-order valence-electron chi connectivity index (χ4n) is 1.30. The SMILES string of the molecule is N#Cc1ccccc1NC(=O)c1cncnc1. The fourth-order valence-corrected chi connectivity index (χ4v) is 1.30. The predicted molar refractivity (Wildman–Crippen MR) is 61.1 cm³/mol. The number of hydrogen-bond acceptors (Lipinski definition) is 4. The van der Waals surface area contributed by atoms with Gasteiger partial charge in [-0.15, -0.1) is 0 Å². The molecular weight excluding hydrogens is 216 g/mol. The molecule has 0 radical (unpaired) electrons. The van der Waals surface area contributed by atoms with E-state index in [9.17, 15) is 4.79 Å². The second kappa shape index (κ2) is 4.86. The summed E-state index contributed by atoms with van der Waals surface area (Å²) in [5.41, 5.74) is 1.24. The summed E-state index contributed by atoms with van der Waals surface area (Å²) in [6.07, 6.45) is 4.18. The number of benzene rings is 1. The van der Waals surface area contributed by atoms with Crippen LogP contribution in [-0.4, -0.2) is 15.9 Å². The van der Waals surface area contributed by atoms with E-state index in [0.717, 1.165) is 0 Å². The molecule has 5 nitrogen and oxygen atoms in total. The molecule has 1 heterocycles. The van der Waals surface area contributed by atoms with E-state index in [1.165, 1.54) is 18.7 Å². The van der Waals surface area contributed by atoms with Crippen molar-refractivity contribution in [3.8, 4) is 6.07 Å². The van der Waals surface area contributed by atoms with Crippen LogP contribution in [0.1, 0.15) is 15.9 Å². The zero-order valence-electron chi connectivity index (χ0n) is 8.79. The predicted octanol–water partition coefficient (Wildman–Crippen LogP) is 1.60. The molecule has 1 aromatic carbocycles. The van der Waals surface area contributed by atoms with Crippen LogP contribution in [0.2, 0.25) is 0 Å². The Kier molecular flexibility index (Phi) is 3.08. The van der Waals surface area contributed by atoms with Gasteiger partial charge in [0.15, 0.2) is 0 Å². The van der Waals surface area contributed by atoms with E-state index in [1.807, 2.05) is 6.07 Å². The van der Waals surface area contributed by atoms with Crippen LogP contribution in [0.4, 0.5) is 5.69 Å². The van der Waals surface area contributed by atoms with Crippen LogP contribution in [0.15, 0.2) is 43.0 Å². The number of nitrogens with zero attached hydrogens (tertiary/aromatic N) is 3. The maximum absolute atomic E-state index is 11.8. The molecule has 2 aromatic rings. The van der Waals surface area contributed by atoms with Gasteiger partial charge in [0.1, 0.15) is 12.4 Å². The first-order valence-corrected chi connectivity index (χ1v) is 4.87. The average molecular weight is 224 g/mol. The van der Waals surface area contributed by atoms with Crippen molar-refractivity contribution in [2.75, 3.05) is 5.32 Å². The Morgan fingerprint density at radius 1 is 1.24 bits per heavy atom. The molecular formula is C12H8N4O. The highest BCUT2D eigenvalue weighted by Crippen LogP contribution is 2.14. The molecule has 0 saturated carbocycles.